The van der Waals surface area contributed by atoms with Crippen LogP contribution >= 0.6 is 0 Å². The summed E-state index contributed by atoms with van der Waals surface area (Å²) < 4.78 is 42.1. The summed E-state index contributed by atoms with van der Waals surface area (Å²) in [7, 11) is -3.99. The molecule has 2 aromatic carbocycles. The van der Waals surface area contributed by atoms with Gasteiger partial charge in [0.15, 0.2) is 33.1 Å². The van der Waals surface area contributed by atoms with Crippen LogP contribution in [0.3, 0.4) is 0 Å². The van der Waals surface area contributed by atoms with E-state index in [-0.39, 0.29) is 31.2 Å². The topological polar surface area (TPSA) is 145 Å². The first-order valence-electron chi connectivity index (χ1n) is 11.7. The average Bonchev–Trinajstić information content (AvgIpc) is 3.30. The van der Waals surface area contributed by atoms with E-state index in [9.17, 15) is 22.8 Å². The fraction of sp³-hybridized carbons (Fsp3) is 0.360. The third-order valence-electron chi connectivity index (χ3n) is 5.72. The average molecular weight is 530 g/mol. The van der Waals surface area contributed by atoms with Gasteiger partial charge in [-0.15, -0.1) is 0 Å². The molecule has 1 N–H and O–H groups in total. The van der Waals surface area contributed by atoms with Crippen LogP contribution in [0.4, 0.5) is 4.79 Å². The van der Waals surface area contributed by atoms with Crippen LogP contribution in [0.5, 0.6) is 0 Å². The molecule has 1 aliphatic heterocycles. The number of aromatic nitrogens is 1. The van der Waals surface area contributed by atoms with Gasteiger partial charge >= 0.3 is 6.09 Å². The highest BCUT2D eigenvalue weighted by Crippen LogP contribution is 2.16. The zero-order valence-corrected chi connectivity index (χ0v) is 20.8. The number of oxazole rings is 1. The largest absolute Gasteiger partial charge is 0.442 e. The Hall–Kier alpha value is -3.77. The van der Waals surface area contributed by atoms with Crippen molar-refractivity contribution < 1.29 is 36.7 Å². The molecular formula is C25H27N3O8S. The van der Waals surface area contributed by atoms with E-state index in [1.807, 2.05) is 0 Å². The maximum Gasteiger partial charge on any atom is 0.407 e. The fourth-order valence-electron chi connectivity index (χ4n) is 3.85. The van der Waals surface area contributed by atoms with Gasteiger partial charge in [0.2, 0.25) is 11.8 Å². The molecule has 1 saturated heterocycles. The lowest BCUT2D eigenvalue weighted by Crippen LogP contribution is -2.52. The second kappa shape index (κ2) is 12.0. The maximum atomic E-state index is 13.2. The predicted molar refractivity (Wildman–Crippen MR) is 132 cm³/mol. The highest BCUT2D eigenvalue weighted by atomic mass is 32.2. The van der Waals surface area contributed by atoms with Gasteiger partial charge in [-0.2, -0.15) is 0 Å². The molecule has 37 heavy (non-hydrogen) atoms. The number of ketones is 1. The van der Waals surface area contributed by atoms with Crippen molar-refractivity contribution in [1.29, 1.82) is 0 Å². The van der Waals surface area contributed by atoms with Crippen molar-refractivity contribution in [2.75, 3.05) is 39.5 Å². The predicted octanol–water partition coefficient (Wildman–Crippen LogP) is 1.51. The van der Waals surface area contributed by atoms with Gasteiger partial charge in [0.1, 0.15) is 5.52 Å². The summed E-state index contributed by atoms with van der Waals surface area (Å²) in [6.07, 6.45) is -1.19. The van der Waals surface area contributed by atoms with Gasteiger partial charge in [0, 0.05) is 19.6 Å². The number of para-hydroxylation sites is 2. The zero-order valence-electron chi connectivity index (χ0n) is 20.0. The number of ether oxygens (including phenoxy) is 2. The number of nitrogens with zero attached hydrogens (tertiary/aromatic N) is 2. The molecule has 1 aliphatic rings. The third-order valence-corrected chi connectivity index (χ3v) is 7.70. The Labute approximate surface area is 213 Å². The maximum absolute atomic E-state index is 13.2. The molecule has 0 radical (unpaired) electrons. The highest BCUT2D eigenvalue weighted by Gasteiger charge is 2.36. The summed E-state index contributed by atoms with van der Waals surface area (Å²) in [4.78, 5) is 43.2. The number of sulfone groups is 1. The third kappa shape index (κ3) is 7.14. The van der Waals surface area contributed by atoms with Crippen molar-refractivity contribution in [3.8, 4) is 0 Å². The van der Waals surface area contributed by atoms with Crippen LogP contribution in [0.2, 0.25) is 0 Å². The molecule has 0 aliphatic carbocycles. The molecule has 0 spiro atoms. The molecular weight excluding hydrogens is 502 g/mol. The van der Waals surface area contributed by atoms with Gasteiger partial charge in [-0.05, 0) is 17.7 Å². The summed E-state index contributed by atoms with van der Waals surface area (Å²) in [6.45, 7) is 0.0482. The minimum Gasteiger partial charge on any atom is -0.442 e. The summed E-state index contributed by atoms with van der Waals surface area (Å²) in [5.41, 5.74) is 1.67. The number of hydrogen-bond acceptors (Lipinski definition) is 9. The second-order valence-corrected chi connectivity index (χ2v) is 10.7. The molecule has 11 nitrogen and oxygen atoms in total. The molecule has 1 aromatic heterocycles. The number of nitrogens with one attached hydrogen (secondary N) is 1. The molecule has 2 amide bonds. The van der Waals surface area contributed by atoms with E-state index in [2.05, 4.69) is 10.3 Å². The Morgan fingerprint density at radius 3 is 2.46 bits per heavy atom. The van der Waals surface area contributed by atoms with Gasteiger partial charge < -0.3 is 24.1 Å². The number of hydrogen-bond donors (Lipinski definition) is 1. The lowest BCUT2D eigenvalue weighted by Gasteiger charge is -2.30. The molecule has 4 rings (SSSR count). The van der Waals surface area contributed by atoms with Gasteiger partial charge in [-0.25, -0.2) is 18.2 Å². The number of rotatable bonds is 10. The molecule has 0 bridgehead atoms. The van der Waals surface area contributed by atoms with Crippen molar-refractivity contribution in [3.05, 3.63) is 66.1 Å². The van der Waals surface area contributed by atoms with E-state index in [0.717, 1.165) is 0 Å². The summed E-state index contributed by atoms with van der Waals surface area (Å²) in [5.74, 6) is -1.25. The molecule has 1 fully saturated rings. The Morgan fingerprint density at radius 1 is 1.03 bits per heavy atom. The smallest absolute Gasteiger partial charge is 0.407 e. The van der Waals surface area contributed by atoms with Crippen LogP contribution in [0.15, 0.2) is 59.0 Å². The number of Topliss-reactive ketones (excluding diaryl/α,β-unsaturated/α-hetero) is 1. The van der Waals surface area contributed by atoms with E-state index in [1.165, 1.54) is 4.90 Å². The summed E-state index contributed by atoms with van der Waals surface area (Å²) in [6, 6.07) is 15.5. The number of fused-ring (bicyclic) bond motifs is 1. The minimum absolute atomic E-state index is 0.175. The number of carbonyl (C=O) groups is 3. The Morgan fingerprint density at radius 2 is 1.73 bits per heavy atom. The quantitative estimate of drug-likeness (QED) is 0.413. The zero-order chi connectivity index (χ0) is 26.3. The number of amides is 2. The molecule has 0 saturated carbocycles. The number of benzene rings is 2. The first-order valence-corrected chi connectivity index (χ1v) is 13.4. The summed E-state index contributed by atoms with van der Waals surface area (Å²) in [5, 5.41) is 0.805. The van der Waals surface area contributed by atoms with Crippen LogP contribution in [0, 0.1) is 0 Å². The first kappa shape index (κ1) is 26.3. The molecule has 1 atom stereocenters. The molecule has 2 heterocycles. The Balaban J connectivity index is 1.34. The van der Waals surface area contributed by atoms with Crippen LogP contribution in [0.25, 0.3) is 11.1 Å². The van der Waals surface area contributed by atoms with Gasteiger partial charge in [0.05, 0.1) is 25.4 Å². The molecule has 3 aromatic rings. The molecule has 196 valence electrons. The van der Waals surface area contributed by atoms with Crippen LogP contribution in [0.1, 0.15) is 11.5 Å². The van der Waals surface area contributed by atoms with E-state index in [4.69, 9.17) is 13.9 Å². The standard InChI is InChI=1S/C25H27N3O8S/c29-19(14-23-27-20-8-4-5-9-21(20)36-23)16-35-25(31)26-15-22(24(30)28-10-12-34-13-11-28)37(32,33)17-18-6-2-1-3-7-18/h1-9,22H,10-17H2,(H,26,31). The number of carbonyl (C=O) groups excluding carboxylic acids is 3. The van der Waals surface area contributed by atoms with E-state index < -0.39 is 46.0 Å². The molecule has 1 unspecified atom stereocenters. The van der Waals surface area contributed by atoms with Crippen LogP contribution in [-0.2, 0) is 41.1 Å². The monoisotopic (exact) mass is 529 g/mol. The van der Waals surface area contributed by atoms with Gasteiger partial charge in [0.25, 0.3) is 0 Å². The van der Waals surface area contributed by atoms with Crippen LogP contribution in [-0.4, -0.2) is 80.8 Å². The normalized spacial score (nSPS) is 14.8. The van der Waals surface area contributed by atoms with Crippen molar-refractivity contribution in [1.82, 2.24) is 15.2 Å². The minimum atomic E-state index is -3.99. The van der Waals surface area contributed by atoms with Crippen LogP contribution < -0.4 is 5.32 Å². The SMILES string of the molecule is O=C(COC(=O)NCC(C(=O)N1CCOCC1)S(=O)(=O)Cc1ccccc1)Cc1nc2ccccc2o1. The second-order valence-electron chi connectivity index (χ2n) is 8.47. The highest BCUT2D eigenvalue weighted by molar-refractivity contribution is 7.92. The summed E-state index contributed by atoms with van der Waals surface area (Å²) >= 11 is 0. The first-order chi connectivity index (χ1) is 17.8. The van der Waals surface area contributed by atoms with Gasteiger partial charge in [-0.1, -0.05) is 42.5 Å². The molecule has 12 heteroatoms. The fourth-order valence-corrected chi connectivity index (χ4v) is 5.50. The lowest BCUT2D eigenvalue weighted by molar-refractivity contribution is -0.134. The van der Waals surface area contributed by atoms with Gasteiger partial charge in [-0.3, -0.25) is 9.59 Å². The van der Waals surface area contributed by atoms with Crippen molar-refractivity contribution in [2.45, 2.75) is 17.4 Å². The Bertz CT molecular complexity index is 1320. The van der Waals surface area contributed by atoms with Crippen molar-refractivity contribution in [2.24, 2.45) is 0 Å². The number of morpholine rings is 1. The van der Waals surface area contributed by atoms with Crippen molar-refractivity contribution in [3.63, 3.8) is 0 Å². The van der Waals surface area contributed by atoms with E-state index in [1.54, 1.807) is 54.6 Å². The lowest BCUT2D eigenvalue weighted by atomic mass is 10.2. The number of alkyl carbamates (subject to hydrolysis) is 1. The Kier molecular flexibility index (Phi) is 8.51. The van der Waals surface area contributed by atoms with E-state index >= 15 is 0 Å². The van der Waals surface area contributed by atoms with E-state index in [0.29, 0.717) is 29.9 Å². The van der Waals surface area contributed by atoms with Crippen molar-refractivity contribution >= 4 is 38.7 Å².